The standard InChI is InChI=1S/C24H17F3N2O2S/c25-17-6-4-16(5-7-17)22(30)29-10-11-32-24(29)20-13-19(27)8-9-21(20)28(23(24)31)14-15-2-1-3-18(26)12-15/h1-9,12-13H,10-11,14H2/t24-/m0/s1. The lowest BCUT2D eigenvalue weighted by molar-refractivity contribution is -0.123. The average Bonchev–Trinajstić information content (AvgIpc) is 3.31. The Labute approximate surface area is 186 Å². The molecule has 3 aromatic carbocycles. The van der Waals surface area contributed by atoms with Crippen LogP contribution in [0.25, 0.3) is 0 Å². The van der Waals surface area contributed by atoms with Crippen LogP contribution in [0.1, 0.15) is 21.5 Å². The van der Waals surface area contributed by atoms with Crippen molar-refractivity contribution in [3.63, 3.8) is 0 Å². The predicted molar refractivity (Wildman–Crippen MR) is 116 cm³/mol. The molecule has 0 unspecified atom stereocenters. The molecule has 4 nitrogen and oxygen atoms in total. The van der Waals surface area contributed by atoms with Crippen molar-refractivity contribution >= 4 is 29.3 Å². The minimum absolute atomic E-state index is 0.0795. The number of thioether (sulfide) groups is 1. The summed E-state index contributed by atoms with van der Waals surface area (Å²) in [4.78, 5) is 28.6. The molecule has 0 aromatic heterocycles. The number of carbonyl (C=O) groups is 2. The molecule has 0 aliphatic carbocycles. The normalized spacial score (nSPS) is 19.7. The van der Waals surface area contributed by atoms with Crippen LogP contribution in [0.15, 0.2) is 66.7 Å². The smallest absolute Gasteiger partial charge is 0.268 e. The summed E-state index contributed by atoms with van der Waals surface area (Å²) in [6.45, 7) is 0.354. The molecule has 0 saturated carbocycles. The summed E-state index contributed by atoms with van der Waals surface area (Å²) < 4.78 is 41.4. The van der Waals surface area contributed by atoms with Crippen LogP contribution in [-0.4, -0.2) is 29.0 Å². The topological polar surface area (TPSA) is 40.6 Å². The van der Waals surface area contributed by atoms with Crippen LogP contribution in [0, 0.1) is 17.5 Å². The second-order valence-corrected chi connectivity index (χ2v) is 8.93. The molecule has 2 amide bonds. The third-order valence-corrected chi connectivity index (χ3v) is 7.14. The van der Waals surface area contributed by atoms with Gasteiger partial charge in [-0.1, -0.05) is 12.1 Å². The Kier molecular flexibility index (Phi) is 4.97. The quantitative estimate of drug-likeness (QED) is 0.577. The first-order valence-electron chi connectivity index (χ1n) is 9.98. The first-order valence-corrected chi connectivity index (χ1v) is 11.0. The maximum Gasteiger partial charge on any atom is 0.268 e. The number of rotatable bonds is 3. The van der Waals surface area contributed by atoms with Crippen LogP contribution in [-0.2, 0) is 16.2 Å². The Morgan fingerprint density at radius 3 is 2.41 bits per heavy atom. The molecule has 0 N–H and O–H groups in total. The van der Waals surface area contributed by atoms with Gasteiger partial charge in [-0.3, -0.25) is 9.59 Å². The number of hydrogen-bond acceptors (Lipinski definition) is 3. The summed E-state index contributed by atoms with van der Waals surface area (Å²) >= 11 is 1.26. The van der Waals surface area contributed by atoms with Crippen molar-refractivity contribution in [2.45, 2.75) is 11.4 Å². The molecule has 2 aliphatic rings. The summed E-state index contributed by atoms with van der Waals surface area (Å²) in [5, 5.41) is 0. The van der Waals surface area contributed by atoms with Crippen molar-refractivity contribution in [3.05, 3.63) is 101 Å². The van der Waals surface area contributed by atoms with Gasteiger partial charge in [0.25, 0.3) is 11.8 Å². The van der Waals surface area contributed by atoms with E-state index in [2.05, 4.69) is 0 Å². The van der Waals surface area contributed by atoms with Crippen molar-refractivity contribution in [1.29, 1.82) is 0 Å². The number of benzene rings is 3. The minimum atomic E-state index is -1.43. The lowest BCUT2D eigenvalue weighted by Gasteiger charge is -2.33. The van der Waals surface area contributed by atoms with E-state index in [4.69, 9.17) is 0 Å². The number of hydrogen-bond donors (Lipinski definition) is 0. The Balaban J connectivity index is 1.59. The van der Waals surface area contributed by atoms with Crippen molar-refractivity contribution in [2.24, 2.45) is 0 Å². The van der Waals surface area contributed by atoms with E-state index in [0.717, 1.165) is 0 Å². The zero-order chi connectivity index (χ0) is 22.5. The van der Waals surface area contributed by atoms with Crippen LogP contribution < -0.4 is 4.90 Å². The highest BCUT2D eigenvalue weighted by atomic mass is 32.2. The third kappa shape index (κ3) is 3.17. The Hall–Kier alpha value is -3.26. The second kappa shape index (κ2) is 7.70. The monoisotopic (exact) mass is 454 g/mol. The number of nitrogens with zero attached hydrogens (tertiary/aromatic N) is 2. The molecule has 162 valence electrons. The van der Waals surface area contributed by atoms with Crippen LogP contribution in [0.2, 0.25) is 0 Å². The lowest BCUT2D eigenvalue weighted by atomic mass is 10.0. The second-order valence-electron chi connectivity index (χ2n) is 7.64. The van der Waals surface area contributed by atoms with Crippen molar-refractivity contribution in [3.8, 4) is 0 Å². The molecule has 3 aromatic rings. The third-order valence-electron chi connectivity index (χ3n) is 5.72. The first kappa shape index (κ1) is 20.6. The zero-order valence-electron chi connectivity index (χ0n) is 16.7. The fourth-order valence-corrected chi connectivity index (χ4v) is 5.76. The summed E-state index contributed by atoms with van der Waals surface area (Å²) in [5.41, 5.74) is 1.68. The van der Waals surface area contributed by atoms with Gasteiger partial charge in [0.2, 0.25) is 0 Å². The van der Waals surface area contributed by atoms with E-state index in [-0.39, 0.29) is 24.6 Å². The SMILES string of the molecule is O=C(c1ccc(F)cc1)N1CCS[C@@]12C(=O)N(Cc1cccc(F)c1)c1ccc(F)cc12. The highest BCUT2D eigenvalue weighted by Crippen LogP contribution is 2.54. The summed E-state index contributed by atoms with van der Waals surface area (Å²) in [7, 11) is 0. The fourth-order valence-electron chi connectivity index (χ4n) is 4.31. The molecule has 1 spiro atoms. The highest BCUT2D eigenvalue weighted by Gasteiger charge is 2.59. The largest absolute Gasteiger partial charge is 0.311 e. The predicted octanol–water partition coefficient (Wildman–Crippen LogP) is 4.69. The molecule has 8 heteroatoms. The Bertz CT molecular complexity index is 1230. The van der Waals surface area contributed by atoms with Gasteiger partial charge in [0.1, 0.15) is 17.5 Å². The maximum absolute atomic E-state index is 14.3. The number of amides is 2. The van der Waals surface area contributed by atoms with Crippen molar-refractivity contribution < 1.29 is 22.8 Å². The summed E-state index contributed by atoms with van der Waals surface area (Å²) in [6.07, 6.45) is 0. The van der Waals surface area contributed by atoms with Crippen LogP contribution in [0.5, 0.6) is 0 Å². The molecular formula is C24H17F3N2O2S. The van der Waals surface area contributed by atoms with Crippen molar-refractivity contribution in [2.75, 3.05) is 17.2 Å². The van der Waals surface area contributed by atoms with Crippen LogP contribution in [0.4, 0.5) is 18.9 Å². The molecular weight excluding hydrogens is 437 g/mol. The van der Waals surface area contributed by atoms with Gasteiger partial charge in [-0.2, -0.15) is 0 Å². The highest BCUT2D eigenvalue weighted by molar-refractivity contribution is 8.01. The van der Waals surface area contributed by atoms with E-state index in [1.54, 1.807) is 12.1 Å². The molecule has 1 fully saturated rings. The lowest BCUT2D eigenvalue weighted by Crippen LogP contribution is -2.50. The van der Waals surface area contributed by atoms with Crippen LogP contribution >= 0.6 is 11.8 Å². The molecule has 2 aliphatic heterocycles. The molecule has 32 heavy (non-hydrogen) atoms. The Morgan fingerprint density at radius 1 is 0.938 bits per heavy atom. The van der Waals surface area contributed by atoms with E-state index in [9.17, 15) is 22.8 Å². The average molecular weight is 454 g/mol. The van der Waals surface area contributed by atoms with E-state index < -0.39 is 28.2 Å². The van der Waals surface area contributed by atoms with Crippen LogP contribution in [0.3, 0.4) is 0 Å². The Morgan fingerprint density at radius 2 is 1.66 bits per heavy atom. The number of anilines is 1. The minimum Gasteiger partial charge on any atom is -0.311 e. The number of halogens is 3. The molecule has 1 atom stereocenters. The van der Waals surface area contributed by atoms with Gasteiger partial charge in [-0.05, 0) is 60.2 Å². The van der Waals surface area contributed by atoms with Gasteiger partial charge in [0.05, 0.1) is 12.2 Å². The number of carbonyl (C=O) groups excluding carboxylic acids is 2. The van der Waals surface area contributed by atoms with Gasteiger partial charge in [0, 0.05) is 23.4 Å². The molecule has 0 radical (unpaired) electrons. The van der Waals surface area contributed by atoms with Gasteiger partial charge in [0.15, 0.2) is 4.87 Å². The van der Waals surface area contributed by atoms with E-state index in [1.807, 2.05) is 0 Å². The van der Waals surface area contributed by atoms with Crippen molar-refractivity contribution in [1.82, 2.24) is 4.90 Å². The van der Waals surface area contributed by atoms with E-state index in [0.29, 0.717) is 22.6 Å². The first-order chi connectivity index (χ1) is 15.4. The van der Waals surface area contributed by atoms with E-state index >= 15 is 0 Å². The van der Waals surface area contributed by atoms with Gasteiger partial charge < -0.3 is 9.80 Å². The number of fused-ring (bicyclic) bond motifs is 2. The summed E-state index contributed by atoms with van der Waals surface area (Å²) in [5.74, 6) is -1.77. The molecule has 0 bridgehead atoms. The van der Waals surface area contributed by atoms with Gasteiger partial charge in [-0.15, -0.1) is 11.8 Å². The fraction of sp³-hybridized carbons (Fsp3) is 0.167. The van der Waals surface area contributed by atoms with E-state index in [1.165, 1.54) is 76.2 Å². The molecule has 2 heterocycles. The molecule has 1 saturated heterocycles. The zero-order valence-corrected chi connectivity index (χ0v) is 17.5. The van der Waals surface area contributed by atoms with Gasteiger partial charge in [-0.25, -0.2) is 13.2 Å². The molecule has 5 rings (SSSR count). The maximum atomic E-state index is 14.3. The van der Waals surface area contributed by atoms with Gasteiger partial charge >= 0.3 is 0 Å². The summed E-state index contributed by atoms with van der Waals surface area (Å²) in [6, 6.07) is 15.1.